The number of benzene rings is 2. The number of thioether (sulfide) groups is 1. The van der Waals surface area contributed by atoms with Gasteiger partial charge in [-0.2, -0.15) is 0 Å². The molecule has 0 amide bonds. The second kappa shape index (κ2) is 7.02. The van der Waals surface area contributed by atoms with Crippen molar-refractivity contribution in [1.29, 1.82) is 0 Å². The van der Waals surface area contributed by atoms with Crippen LogP contribution in [0, 0.1) is 5.82 Å². The van der Waals surface area contributed by atoms with Gasteiger partial charge in [-0.3, -0.25) is 4.79 Å². The van der Waals surface area contributed by atoms with E-state index in [0.717, 1.165) is 17.3 Å². The Morgan fingerprint density at radius 2 is 2.09 bits per heavy atom. The van der Waals surface area contributed by atoms with Crippen molar-refractivity contribution in [2.45, 2.75) is 11.8 Å². The molecule has 23 heavy (non-hydrogen) atoms. The zero-order valence-corrected chi connectivity index (χ0v) is 13.4. The Bertz CT molecular complexity index is 799. The van der Waals surface area contributed by atoms with Crippen LogP contribution in [-0.2, 0) is 16.1 Å². The van der Waals surface area contributed by atoms with Gasteiger partial charge in [0.2, 0.25) is 0 Å². The smallest absolute Gasteiger partial charge is 0.316 e. The quantitative estimate of drug-likeness (QED) is 0.502. The van der Waals surface area contributed by atoms with E-state index < -0.39 is 11.8 Å². The van der Waals surface area contributed by atoms with Gasteiger partial charge >= 0.3 is 5.97 Å². The third-order valence-electron chi connectivity index (χ3n) is 3.03. The summed E-state index contributed by atoms with van der Waals surface area (Å²) in [6, 6.07) is 11.6. The van der Waals surface area contributed by atoms with E-state index in [1.165, 1.54) is 12.1 Å². The summed E-state index contributed by atoms with van der Waals surface area (Å²) >= 11 is 6.99. The first-order valence-corrected chi connectivity index (χ1v) is 8.07. The van der Waals surface area contributed by atoms with Crippen molar-refractivity contribution in [2.24, 2.45) is 0 Å². The van der Waals surface area contributed by atoms with Crippen LogP contribution in [0.4, 0.5) is 4.39 Å². The highest BCUT2D eigenvalue weighted by Crippen LogP contribution is 2.24. The van der Waals surface area contributed by atoms with E-state index >= 15 is 0 Å². The predicted octanol–water partition coefficient (Wildman–Crippen LogP) is 4.46. The van der Waals surface area contributed by atoms with Crippen molar-refractivity contribution in [3.63, 3.8) is 0 Å². The van der Waals surface area contributed by atoms with Crippen molar-refractivity contribution in [1.82, 2.24) is 4.98 Å². The van der Waals surface area contributed by atoms with Crippen LogP contribution in [0.2, 0.25) is 5.02 Å². The first-order chi connectivity index (χ1) is 11.1. The van der Waals surface area contributed by atoms with E-state index in [1.807, 2.05) is 18.2 Å². The lowest BCUT2D eigenvalue weighted by molar-refractivity contribution is -0.141. The molecule has 0 fully saturated rings. The molecule has 0 spiro atoms. The lowest BCUT2D eigenvalue weighted by Crippen LogP contribution is -2.08. The van der Waals surface area contributed by atoms with Gasteiger partial charge in [0.05, 0.1) is 5.02 Å². The average molecular weight is 352 g/mol. The molecule has 0 aliphatic carbocycles. The van der Waals surface area contributed by atoms with Gasteiger partial charge in [0.15, 0.2) is 5.58 Å². The number of oxazole rings is 1. The third kappa shape index (κ3) is 3.83. The lowest BCUT2D eigenvalue weighted by atomic mass is 10.2. The van der Waals surface area contributed by atoms with Crippen LogP contribution in [0.1, 0.15) is 5.56 Å². The van der Waals surface area contributed by atoms with Crippen molar-refractivity contribution in [3.05, 3.63) is 58.9 Å². The largest absolute Gasteiger partial charge is 0.460 e. The van der Waals surface area contributed by atoms with Crippen molar-refractivity contribution in [3.8, 4) is 0 Å². The third-order valence-corrected chi connectivity index (χ3v) is 4.18. The molecule has 0 N–H and O–H groups in total. The van der Waals surface area contributed by atoms with E-state index in [-0.39, 0.29) is 22.9 Å². The molecule has 1 aromatic heterocycles. The highest BCUT2D eigenvalue weighted by Gasteiger charge is 2.12. The molecular formula is C16H11ClFNO3S. The number of ether oxygens (including phenoxy) is 1. The SMILES string of the molecule is O=C(CSc1nc2ccccc2o1)OCc1c(F)cccc1Cl. The molecule has 0 aliphatic rings. The summed E-state index contributed by atoms with van der Waals surface area (Å²) in [6.45, 7) is -0.210. The topological polar surface area (TPSA) is 52.3 Å². The second-order valence-corrected chi connectivity index (χ2v) is 5.93. The first kappa shape index (κ1) is 15.8. The van der Waals surface area contributed by atoms with E-state index in [9.17, 15) is 9.18 Å². The second-order valence-electron chi connectivity index (χ2n) is 4.60. The zero-order valence-electron chi connectivity index (χ0n) is 11.8. The Balaban J connectivity index is 1.55. The van der Waals surface area contributed by atoms with Crippen LogP contribution in [0.25, 0.3) is 11.1 Å². The average Bonchev–Trinajstić information content (AvgIpc) is 2.95. The minimum absolute atomic E-state index is 0.0128. The number of fused-ring (bicyclic) bond motifs is 1. The number of hydrogen-bond donors (Lipinski definition) is 0. The molecule has 0 unspecified atom stereocenters. The van der Waals surface area contributed by atoms with Crippen molar-refractivity contribution >= 4 is 40.4 Å². The van der Waals surface area contributed by atoms with Gasteiger partial charge in [0.25, 0.3) is 5.22 Å². The number of nitrogens with zero attached hydrogens (tertiary/aromatic N) is 1. The Hall–Kier alpha value is -2.05. The van der Waals surface area contributed by atoms with Crippen molar-refractivity contribution in [2.75, 3.05) is 5.75 Å². The van der Waals surface area contributed by atoms with Crippen LogP contribution >= 0.6 is 23.4 Å². The maximum absolute atomic E-state index is 13.6. The van der Waals surface area contributed by atoms with E-state index in [2.05, 4.69) is 4.98 Å². The Labute approximate surface area is 140 Å². The zero-order chi connectivity index (χ0) is 16.2. The molecule has 1 heterocycles. The summed E-state index contributed by atoms with van der Waals surface area (Å²) in [7, 11) is 0. The molecule has 3 aromatic rings. The van der Waals surface area contributed by atoms with Crippen LogP contribution in [-0.4, -0.2) is 16.7 Å². The van der Waals surface area contributed by atoms with Gasteiger partial charge in [0, 0.05) is 5.56 Å². The first-order valence-electron chi connectivity index (χ1n) is 6.70. The van der Waals surface area contributed by atoms with E-state index in [0.29, 0.717) is 10.8 Å². The molecule has 0 radical (unpaired) electrons. The van der Waals surface area contributed by atoms with Gasteiger partial charge in [-0.1, -0.05) is 41.6 Å². The summed E-state index contributed by atoms with van der Waals surface area (Å²) in [5, 5.41) is 0.608. The molecule has 0 bridgehead atoms. The minimum Gasteiger partial charge on any atom is -0.460 e. The van der Waals surface area contributed by atoms with Crippen molar-refractivity contribution < 1.29 is 18.3 Å². The number of para-hydroxylation sites is 2. The Morgan fingerprint density at radius 3 is 2.87 bits per heavy atom. The van der Waals surface area contributed by atoms with Crippen LogP contribution < -0.4 is 0 Å². The van der Waals surface area contributed by atoms with E-state index in [1.54, 1.807) is 12.1 Å². The fourth-order valence-electron chi connectivity index (χ4n) is 1.90. The monoisotopic (exact) mass is 351 g/mol. The normalized spacial score (nSPS) is 10.9. The molecule has 0 saturated carbocycles. The van der Waals surface area contributed by atoms with Gasteiger partial charge in [0.1, 0.15) is 23.7 Å². The van der Waals surface area contributed by atoms with Gasteiger partial charge < -0.3 is 9.15 Å². The van der Waals surface area contributed by atoms with Crippen LogP contribution in [0.3, 0.4) is 0 Å². The molecular weight excluding hydrogens is 341 g/mol. The lowest BCUT2D eigenvalue weighted by Gasteiger charge is -2.06. The highest BCUT2D eigenvalue weighted by atomic mass is 35.5. The van der Waals surface area contributed by atoms with Gasteiger partial charge in [-0.05, 0) is 24.3 Å². The molecule has 0 aliphatic heterocycles. The van der Waals surface area contributed by atoms with Gasteiger partial charge in [-0.15, -0.1) is 0 Å². The molecule has 0 saturated heterocycles. The number of carbonyl (C=O) groups excluding carboxylic acids is 1. The minimum atomic E-state index is -0.503. The Kier molecular flexibility index (Phi) is 4.83. The van der Waals surface area contributed by atoms with E-state index in [4.69, 9.17) is 20.8 Å². The summed E-state index contributed by atoms with van der Waals surface area (Å²) in [6.07, 6.45) is 0. The number of hydrogen-bond acceptors (Lipinski definition) is 5. The molecule has 7 heteroatoms. The fourth-order valence-corrected chi connectivity index (χ4v) is 2.75. The molecule has 3 rings (SSSR count). The summed E-state index contributed by atoms with van der Waals surface area (Å²) in [4.78, 5) is 16.0. The highest BCUT2D eigenvalue weighted by molar-refractivity contribution is 7.99. The number of carbonyl (C=O) groups is 1. The number of esters is 1. The predicted molar refractivity (Wildman–Crippen MR) is 85.9 cm³/mol. The number of halogens is 2. The molecule has 0 atom stereocenters. The Morgan fingerprint density at radius 1 is 1.26 bits per heavy atom. The molecule has 2 aromatic carbocycles. The maximum Gasteiger partial charge on any atom is 0.316 e. The molecule has 118 valence electrons. The summed E-state index contributed by atoms with van der Waals surface area (Å²) in [5.74, 6) is -0.993. The van der Waals surface area contributed by atoms with Gasteiger partial charge in [-0.25, -0.2) is 9.37 Å². The summed E-state index contributed by atoms with van der Waals surface area (Å²) in [5.41, 5.74) is 1.54. The van der Waals surface area contributed by atoms with Crippen LogP contribution in [0.15, 0.2) is 52.1 Å². The van der Waals surface area contributed by atoms with Crippen LogP contribution in [0.5, 0.6) is 0 Å². The summed E-state index contributed by atoms with van der Waals surface area (Å²) < 4.78 is 24.1. The number of aromatic nitrogens is 1. The standard InChI is InChI=1S/C16H11ClFNO3S/c17-11-4-3-5-12(18)10(11)8-21-15(20)9-23-16-19-13-6-1-2-7-14(13)22-16/h1-7H,8-9H2. The molecule has 4 nitrogen and oxygen atoms in total. The maximum atomic E-state index is 13.6. The number of rotatable bonds is 5. The fraction of sp³-hybridized carbons (Fsp3) is 0.125.